The zero-order valence-electron chi connectivity index (χ0n) is 15.4. The Morgan fingerprint density at radius 2 is 1.59 bits per heavy atom. The zero-order valence-corrected chi connectivity index (χ0v) is 16.2. The quantitative estimate of drug-likeness (QED) is 0.605. The molecule has 0 aliphatic rings. The molecule has 0 radical (unpaired) electrons. The van der Waals surface area contributed by atoms with Crippen LogP contribution in [0.1, 0.15) is 24.2 Å². The third-order valence-electron chi connectivity index (χ3n) is 3.56. The van der Waals surface area contributed by atoms with Crippen molar-refractivity contribution in [2.24, 2.45) is 0 Å². The van der Waals surface area contributed by atoms with E-state index in [4.69, 9.17) is 9.47 Å². The molecule has 146 valence electrons. The van der Waals surface area contributed by atoms with Gasteiger partial charge in [0, 0.05) is 24.7 Å². The first-order valence-corrected chi connectivity index (χ1v) is 10.2. The number of nitrogens with one attached hydrogen (secondary N) is 2. The van der Waals surface area contributed by atoms with Gasteiger partial charge in [-0.1, -0.05) is 18.2 Å². The number of carbonyl (C=O) groups is 1. The van der Waals surface area contributed by atoms with E-state index >= 15 is 0 Å². The molecule has 2 aromatic carbocycles. The van der Waals surface area contributed by atoms with Gasteiger partial charge in [-0.2, -0.15) is 0 Å². The number of hydrogen-bond acceptors (Lipinski definition) is 5. The van der Waals surface area contributed by atoms with Crippen LogP contribution in [0.4, 0.5) is 0 Å². The van der Waals surface area contributed by atoms with Crippen LogP contribution < -0.4 is 19.5 Å². The summed E-state index contributed by atoms with van der Waals surface area (Å²) in [5, 5.41) is 2.67. The molecule has 0 saturated heterocycles. The topological polar surface area (TPSA) is 93.7 Å². The molecular formula is C19H24N2O5S. The minimum Gasteiger partial charge on any atom is -0.490 e. The molecule has 27 heavy (non-hydrogen) atoms. The zero-order chi connectivity index (χ0) is 19.7. The highest BCUT2D eigenvalue weighted by atomic mass is 32.2. The predicted octanol–water partition coefficient (Wildman–Crippen LogP) is 2.19. The second-order valence-corrected chi connectivity index (χ2v) is 7.26. The van der Waals surface area contributed by atoms with Crippen LogP contribution in [-0.2, 0) is 10.0 Å². The fourth-order valence-corrected chi connectivity index (χ4v) is 3.38. The van der Waals surface area contributed by atoms with Crippen molar-refractivity contribution in [1.29, 1.82) is 0 Å². The summed E-state index contributed by atoms with van der Waals surface area (Å²) >= 11 is 0. The van der Waals surface area contributed by atoms with Crippen LogP contribution in [0.15, 0.2) is 53.4 Å². The summed E-state index contributed by atoms with van der Waals surface area (Å²) in [6.45, 7) is 4.73. The standard InChI is InChI=1S/C19H24N2O5S/c1-3-25-17-11-10-16(14-18(17)26-4-2)27(23,24)21-13-12-20-19(22)15-8-6-5-7-9-15/h5-11,14,21H,3-4,12-13H2,1-2H3,(H,20,22). The number of carbonyl (C=O) groups excluding carboxylic acids is 1. The van der Waals surface area contributed by atoms with Crippen LogP contribution in [0.5, 0.6) is 11.5 Å². The van der Waals surface area contributed by atoms with E-state index in [1.807, 2.05) is 19.9 Å². The third-order valence-corrected chi connectivity index (χ3v) is 5.02. The Hall–Kier alpha value is -2.58. The van der Waals surface area contributed by atoms with Crippen LogP contribution >= 0.6 is 0 Å². The lowest BCUT2D eigenvalue weighted by Crippen LogP contribution is -2.34. The lowest BCUT2D eigenvalue weighted by Gasteiger charge is -2.13. The first-order valence-electron chi connectivity index (χ1n) is 8.70. The van der Waals surface area contributed by atoms with E-state index in [0.29, 0.717) is 30.3 Å². The van der Waals surface area contributed by atoms with Gasteiger partial charge in [-0.15, -0.1) is 0 Å². The Morgan fingerprint density at radius 3 is 2.26 bits per heavy atom. The summed E-state index contributed by atoms with van der Waals surface area (Å²) < 4.78 is 38.3. The van der Waals surface area contributed by atoms with Crippen LogP contribution in [-0.4, -0.2) is 40.6 Å². The average molecular weight is 392 g/mol. The Bertz CT molecular complexity index is 854. The maximum Gasteiger partial charge on any atom is 0.251 e. The molecule has 0 aliphatic carbocycles. The number of rotatable bonds is 10. The minimum atomic E-state index is -3.73. The highest BCUT2D eigenvalue weighted by Crippen LogP contribution is 2.30. The molecule has 1 amide bonds. The number of amides is 1. The van der Waals surface area contributed by atoms with E-state index < -0.39 is 10.0 Å². The SMILES string of the molecule is CCOc1ccc(S(=O)(=O)NCCNC(=O)c2ccccc2)cc1OCC. The van der Waals surface area contributed by atoms with Gasteiger partial charge in [-0.05, 0) is 38.1 Å². The molecule has 2 N–H and O–H groups in total. The van der Waals surface area contributed by atoms with E-state index in [1.54, 1.807) is 30.3 Å². The first kappa shape index (κ1) is 20.7. The van der Waals surface area contributed by atoms with Crippen molar-refractivity contribution in [2.45, 2.75) is 18.7 Å². The molecule has 2 rings (SSSR count). The number of ether oxygens (including phenoxy) is 2. The molecule has 0 heterocycles. The van der Waals surface area contributed by atoms with Crippen molar-refractivity contribution in [1.82, 2.24) is 10.0 Å². The smallest absolute Gasteiger partial charge is 0.251 e. The van der Waals surface area contributed by atoms with Gasteiger partial charge in [-0.3, -0.25) is 4.79 Å². The predicted molar refractivity (Wildman–Crippen MR) is 103 cm³/mol. The van der Waals surface area contributed by atoms with Crippen LogP contribution in [0, 0.1) is 0 Å². The van der Waals surface area contributed by atoms with Gasteiger partial charge < -0.3 is 14.8 Å². The number of benzene rings is 2. The van der Waals surface area contributed by atoms with Gasteiger partial charge in [0.2, 0.25) is 10.0 Å². The molecule has 7 nitrogen and oxygen atoms in total. The van der Waals surface area contributed by atoms with Gasteiger partial charge in [0.15, 0.2) is 11.5 Å². The van der Waals surface area contributed by atoms with E-state index in [2.05, 4.69) is 10.0 Å². The molecule has 8 heteroatoms. The molecule has 0 aliphatic heterocycles. The molecule has 2 aromatic rings. The third kappa shape index (κ3) is 5.97. The molecular weight excluding hydrogens is 368 g/mol. The largest absolute Gasteiger partial charge is 0.490 e. The molecule has 0 saturated carbocycles. The highest BCUT2D eigenvalue weighted by molar-refractivity contribution is 7.89. The Balaban J connectivity index is 1.95. The van der Waals surface area contributed by atoms with Crippen molar-refractivity contribution in [3.63, 3.8) is 0 Å². The molecule has 0 bridgehead atoms. The lowest BCUT2D eigenvalue weighted by atomic mass is 10.2. The highest BCUT2D eigenvalue weighted by Gasteiger charge is 2.17. The second kappa shape index (κ2) is 9.94. The van der Waals surface area contributed by atoms with Gasteiger partial charge in [-0.25, -0.2) is 13.1 Å². The lowest BCUT2D eigenvalue weighted by molar-refractivity contribution is 0.0954. The fraction of sp³-hybridized carbons (Fsp3) is 0.316. The van der Waals surface area contributed by atoms with Crippen molar-refractivity contribution in [2.75, 3.05) is 26.3 Å². The molecule has 0 fully saturated rings. The van der Waals surface area contributed by atoms with Gasteiger partial charge in [0.05, 0.1) is 18.1 Å². The molecule has 0 spiro atoms. The van der Waals surface area contributed by atoms with Gasteiger partial charge >= 0.3 is 0 Å². The Labute approximate surface area is 159 Å². The number of sulfonamides is 1. The normalized spacial score (nSPS) is 11.0. The summed E-state index contributed by atoms with van der Waals surface area (Å²) in [5.74, 6) is 0.613. The second-order valence-electron chi connectivity index (χ2n) is 5.49. The Kier molecular flexibility index (Phi) is 7.63. The van der Waals surface area contributed by atoms with Crippen LogP contribution in [0.2, 0.25) is 0 Å². The summed E-state index contributed by atoms with van der Waals surface area (Å²) in [4.78, 5) is 12.0. The molecule has 0 atom stereocenters. The minimum absolute atomic E-state index is 0.0675. The molecule has 0 unspecified atom stereocenters. The van der Waals surface area contributed by atoms with E-state index in [-0.39, 0.29) is 23.9 Å². The average Bonchev–Trinajstić information content (AvgIpc) is 2.67. The summed E-state index contributed by atoms with van der Waals surface area (Å²) in [6, 6.07) is 13.2. The first-order chi connectivity index (χ1) is 13.0. The molecule has 0 aromatic heterocycles. The van der Waals surface area contributed by atoms with Crippen LogP contribution in [0.3, 0.4) is 0 Å². The fourth-order valence-electron chi connectivity index (χ4n) is 2.33. The van der Waals surface area contributed by atoms with E-state index in [9.17, 15) is 13.2 Å². The monoisotopic (exact) mass is 392 g/mol. The van der Waals surface area contributed by atoms with E-state index in [1.165, 1.54) is 12.1 Å². The summed E-state index contributed by atoms with van der Waals surface area (Å²) in [6.07, 6.45) is 0. The van der Waals surface area contributed by atoms with Crippen molar-refractivity contribution in [3.05, 3.63) is 54.1 Å². The summed E-state index contributed by atoms with van der Waals surface area (Å²) in [7, 11) is -3.73. The van der Waals surface area contributed by atoms with Crippen molar-refractivity contribution >= 4 is 15.9 Å². The number of hydrogen-bond donors (Lipinski definition) is 2. The van der Waals surface area contributed by atoms with Crippen molar-refractivity contribution < 1.29 is 22.7 Å². The summed E-state index contributed by atoms with van der Waals surface area (Å²) in [5.41, 5.74) is 0.522. The van der Waals surface area contributed by atoms with Gasteiger partial charge in [0.25, 0.3) is 5.91 Å². The maximum absolute atomic E-state index is 12.5. The maximum atomic E-state index is 12.5. The van der Waals surface area contributed by atoms with Crippen molar-refractivity contribution in [3.8, 4) is 11.5 Å². The van der Waals surface area contributed by atoms with E-state index in [0.717, 1.165) is 0 Å². The van der Waals surface area contributed by atoms with Crippen LogP contribution in [0.25, 0.3) is 0 Å². The van der Waals surface area contributed by atoms with Gasteiger partial charge in [0.1, 0.15) is 0 Å². The Morgan fingerprint density at radius 1 is 0.926 bits per heavy atom.